The maximum absolute atomic E-state index is 8.84. The Morgan fingerprint density at radius 1 is 1.43 bits per heavy atom. The molecule has 2 fully saturated rings. The third kappa shape index (κ3) is 1.54. The summed E-state index contributed by atoms with van der Waals surface area (Å²) in [5.41, 5.74) is 5.61. The van der Waals surface area contributed by atoms with Gasteiger partial charge in [0.05, 0.1) is 11.9 Å². The number of piperidine rings is 1. The van der Waals surface area contributed by atoms with Gasteiger partial charge >= 0.3 is 0 Å². The topological polar surface area (TPSA) is 65.4 Å². The minimum absolute atomic E-state index is 0.379. The van der Waals surface area contributed by atoms with Crippen LogP contribution in [0.3, 0.4) is 0 Å². The minimum Gasteiger partial charge on any atom is -0.388 e. The van der Waals surface area contributed by atoms with E-state index in [0.29, 0.717) is 23.7 Å². The Morgan fingerprint density at radius 3 is 2.43 bits per heavy atom. The predicted molar refractivity (Wildman–Crippen MR) is 54.5 cm³/mol. The van der Waals surface area contributed by atoms with E-state index in [2.05, 4.69) is 11.2 Å². The van der Waals surface area contributed by atoms with Crippen LogP contribution < -0.4 is 5.73 Å². The fraction of sp³-hybridized carbons (Fsp3) is 0.800. The van der Waals surface area contributed by atoms with E-state index < -0.39 is 0 Å². The molecule has 0 aromatic rings. The predicted octanol–water partition coefficient (Wildman–Crippen LogP) is 0.555. The SMILES string of the molecule is CC(N)=NC1[C@@H]2CC[C@H]1CN(C#N)C2. The van der Waals surface area contributed by atoms with Crippen molar-refractivity contribution in [2.75, 3.05) is 13.1 Å². The van der Waals surface area contributed by atoms with Gasteiger partial charge in [-0.25, -0.2) is 0 Å². The zero-order valence-corrected chi connectivity index (χ0v) is 8.48. The summed E-state index contributed by atoms with van der Waals surface area (Å²) < 4.78 is 0. The summed E-state index contributed by atoms with van der Waals surface area (Å²) in [5, 5.41) is 8.84. The van der Waals surface area contributed by atoms with Crippen LogP contribution in [0.15, 0.2) is 4.99 Å². The van der Waals surface area contributed by atoms with E-state index in [1.807, 2.05) is 11.8 Å². The second-order valence-electron chi connectivity index (χ2n) is 4.36. The quantitative estimate of drug-likeness (QED) is 0.375. The summed E-state index contributed by atoms with van der Waals surface area (Å²) in [6.07, 6.45) is 4.63. The van der Waals surface area contributed by atoms with Gasteiger partial charge in [-0.3, -0.25) is 4.99 Å². The number of hydrogen-bond donors (Lipinski definition) is 1. The molecule has 1 aliphatic carbocycles. The number of amidine groups is 1. The van der Waals surface area contributed by atoms with Gasteiger partial charge in [0.1, 0.15) is 0 Å². The minimum atomic E-state index is 0.379. The Hall–Kier alpha value is -1.24. The number of nitrogens with two attached hydrogens (primary N) is 1. The number of hydrogen-bond acceptors (Lipinski definition) is 3. The van der Waals surface area contributed by atoms with Crippen LogP contribution in [0.5, 0.6) is 0 Å². The van der Waals surface area contributed by atoms with Crippen molar-refractivity contribution in [3.63, 3.8) is 0 Å². The molecule has 2 aliphatic rings. The summed E-state index contributed by atoms with van der Waals surface area (Å²) in [6, 6.07) is 0.379. The van der Waals surface area contributed by atoms with Crippen molar-refractivity contribution in [1.82, 2.24) is 4.90 Å². The average molecular weight is 192 g/mol. The molecule has 4 heteroatoms. The molecule has 2 bridgehead atoms. The Kier molecular flexibility index (Phi) is 2.32. The average Bonchev–Trinajstić information content (AvgIpc) is 2.38. The first kappa shape index (κ1) is 9.32. The molecule has 1 saturated carbocycles. The number of likely N-dealkylation sites (tertiary alicyclic amines) is 1. The van der Waals surface area contributed by atoms with Gasteiger partial charge in [-0.15, -0.1) is 0 Å². The first-order valence-corrected chi connectivity index (χ1v) is 5.15. The number of fused-ring (bicyclic) bond motifs is 2. The zero-order valence-electron chi connectivity index (χ0n) is 8.48. The third-order valence-electron chi connectivity index (χ3n) is 3.28. The molecule has 1 heterocycles. The van der Waals surface area contributed by atoms with Crippen molar-refractivity contribution < 1.29 is 0 Å². The van der Waals surface area contributed by atoms with Crippen LogP contribution in [0.1, 0.15) is 19.8 Å². The van der Waals surface area contributed by atoms with Crippen LogP contribution in [-0.2, 0) is 0 Å². The number of rotatable bonds is 1. The summed E-state index contributed by atoms with van der Waals surface area (Å²) in [4.78, 5) is 6.35. The lowest BCUT2D eigenvalue weighted by Gasteiger charge is -2.32. The molecule has 14 heavy (non-hydrogen) atoms. The van der Waals surface area contributed by atoms with E-state index in [-0.39, 0.29) is 0 Å². The van der Waals surface area contributed by atoms with E-state index >= 15 is 0 Å². The first-order chi connectivity index (χ1) is 6.70. The molecule has 1 saturated heterocycles. The van der Waals surface area contributed by atoms with Crippen LogP contribution in [0, 0.1) is 23.3 Å². The van der Waals surface area contributed by atoms with Crippen LogP contribution in [-0.4, -0.2) is 29.9 Å². The van der Waals surface area contributed by atoms with Gasteiger partial charge < -0.3 is 10.6 Å². The standard InChI is InChI=1S/C10H16N4/c1-7(12)13-10-8-2-3-9(10)5-14(4-8)6-11/h8-10H,2-5H2,1H3,(H2,12,13)/t8-,9+,10?. The highest BCUT2D eigenvalue weighted by atomic mass is 15.2. The molecular weight excluding hydrogens is 176 g/mol. The monoisotopic (exact) mass is 192 g/mol. The molecule has 2 N–H and O–H groups in total. The summed E-state index contributed by atoms with van der Waals surface area (Å²) in [5.74, 6) is 1.77. The lowest BCUT2D eigenvalue weighted by Crippen LogP contribution is -2.42. The molecule has 76 valence electrons. The number of aliphatic imine (C=N–C) groups is 1. The molecule has 0 radical (unpaired) electrons. The van der Waals surface area contributed by atoms with Crippen molar-refractivity contribution in [2.24, 2.45) is 22.6 Å². The molecule has 0 spiro atoms. The highest BCUT2D eigenvalue weighted by Gasteiger charge is 2.41. The van der Waals surface area contributed by atoms with E-state index in [1.165, 1.54) is 12.8 Å². The van der Waals surface area contributed by atoms with Gasteiger partial charge in [0.25, 0.3) is 0 Å². The van der Waals surface area contributed by atoms with E-state index in [1.54, 1.807) is 0 Å². The van der Waals surface area contributed by atoms with Crippen molar-refractivity contribution >= 4 is 5.84 Å². The molecule has 1 aliphatic heterocycles. The Labute approximate surface area is 84.4 Å². The summed E-state index contributed by atoms with van der Waals surface area (Å²) >= 11 is 0. The molecule has 1 unspecified atom stereocenters. The lowest BCUT2D eigenvalue weighted by atomic mass is 9.93. The molecular formula is C10H16N4. The van der Waals surface area contributed by atoms with Gasteiger partial charge in [0, 0.05) is 13.1 Å². The van der Waals surface area contributed by atoms with E-state index in [4.69, 9.17) is 11.0 Å². The van der Waals surface area contributed by atoms with Crippen LogP contribution in [0.25, 0.3) is 0 Å². The summed E-state index contributed by atoms with van der Waals surface area (Å²) in [7, 11) is 0. The first-order valence-electron chi connectivity index (χ1n) is 5.15. The van der Waals surface area contributed by atoms with Crippen molar-refractivity contribution in [1.29, 1.82) is 5.26 Å². The van der Waals surface area contributed by atoms with Gasteiger partial charge in [-0.05, 0) is 31.6 Å². The van der Waals surface area contributed by atoms with Crippen LogP contribution in [0.4, 0.5) is 0 Å². The molecule has 2 rings (SSSR count). The van der Waals surface area contributed by atoms with E-state index in [9.17, 15) is 0 Å². The largest absolute Gasteiger partial charge is 0.388 e. The van der Waals surface area contributed by atoms with Crippen molar-refractivity contribution in [3.05, 3.63) is 0 Å². The molecule has 3 atom stereocenters. The Morgan fingerprint density at radius 2 is 2.00 bits per heavy atom. The van der Waals surface area contributed by atoms with Crippen molar-refractivity contribution in [2.45, 2.75) is 25.8 Å². The maximum Gasteiger partial charge on any atom is 0.179 e. The van der Waals surface area contributed by atoms with Crippen LogP contribution >= 0.6 is 0 Å². The second-order valence-corrected chi connectivity index (χ2v) is 4.36. The molecule has 0 aromatic heterocycles. The van der Waals surface area contributed by atoms with Gasteiger partial charge in [-0.1, -0.05) is 0 Å². The maximum atomic E-state index is 8.84. The van der Waals surface area contributed by atoms with E-state index in [0.717, 1.165) is 13.1 Å². The van der Waals surface area contributed by atoms with Gasteiger partial charge in [0.2, 0.25) is 0 Å². The number of nitrogens with zero attached hydrogens (tertiary/aromatic N) is 3. The highest BCUT2D eigenvalue weighted by molar-refractivity contribution is 5.77. The number of nitriles is 1. The molecule has 4 nitrogen and oxygen atoms in total. The zero-order chi connectivity index (χ0) is 10.1. The van der Waals surface area contributed by atoms with Gasteiger partial charge in [0.15, 0.2) is 6.19 Å². The third-order valence-corrected chi connectivity index (χ3v) is 3.28. The fourth-order valence-electron chi connectivity index (χ4n) is 2.72. The second kappa shape index (κ2) is 3.49. The fourth-order valence-corrected chi connectivity index (χ4v) is 2.72. The Balaban J connectivity index is 2.11. The van der Waals surface area contributed by atoms with Crippen molar-refractivity contribution in [3.8, 4) is 6.19 Å². The normalized spacial score (nSPS) is 37.0. The Bertz CT molecular complexity index is 273. The summed E-state index contributed by atoms with van der Waals surface area (Å²) in [6.45, 7) is 3.58. The molecule has 0 amide bonds. The smallest absolute Gasteiger partial charge is 0.179 e. The lowest BCUT2D eigenvalue weighted by molar-refractivity contribution is 0.208. The molecule has 0 aromatic carbocycles. The van der Waals surface area contributed by atoms with Gasteiger partial charge in [-0.2, -0.15) is 5.26 Å². The van der Waals surface area contributed by atoms with Crippen LogP contribution in [0.2, 0.25) is 0 Å². The highest BCUT2D eigenvalue weighted by Crippen LogP contribution is 2.38.